The van der Waals surface area contributed by atoms with Crippen LogP contribution in [-0.2, 0) is 17.8 Å². The lowest BCUT2D eigenvalue weighted by Crippen LogP contribution is -2.33. The number of aromatic nitrogens is 5. The van der Waals surface area contributed by atoms with Gasteiger partial charge in [0.1, 0.15) is 5.82 Å². The molecule has 9 nitrogen and oxygen atoms in total. The fraction of sp³-hybridized carbons (Fsp3) is 0.462. The van der Waals surface area contributed by atoms with E-state index in [2.05, 4.69) is 25.5 Å². The zero-order valence-electron chi connectivity index (χ0n) is 12.5. The number of nitrogens with one attached hydrogen (secondary N) is 3. The highest BCUT2D eigenvalue weighted by Gasteiger charge is 2.06. The van der Waals surface area contributed by atoms with Crippen LogP contribution in [0, 0.1) is 13.8 Å². The Balaban J connectivity index is 1.80. The molecule has 1 amide bonds. The van der Waals surface area contributed by atoms with E-state index in [9.17, 15) is 14.4 Å². The Morgan fingerprint density at radius 3 is 2.77 bits per heavy atom. The highest BCUT2D eigenvalue weighted by molar-refractivity contribution is 5.75. The maximum Gasteiger partial charge on any atom is 0.348 e. The van der Waals surface area contributed by atoms with Crippen molar-refractivity contribution >= 4 is 5.91 Å². The molecule has 2 aromatic rings. The molecule has 0 saturated carbocycles. The zero-order chi connectivity index (χ0) is 16.1. The summed E-state index contributed by atoms with van der Waals surface area (Å²) in [5.74, 6) is 0.268. The maximum absolute atomic E-state index is 11.7. The van der Waals surface area contributed by atoms with E-state index in [1.807, 2.05) is 13.0 Å². The van der Waals surface area contributed by atoms with Gasteiger partial charge in [0.25, 0.3) is 0 Å². The molecule has 22 heavy (non-hydrogen) atoms. The van der Waals surface area contributed by atoms with Crippen molar-refractivity contribution in [3.63, 3.8) is 0 Å². The molecular weight excluding hydrogens is 288 g/mol. The van der Waals surface area contributed by atoms with Gasteiger partial charge in [0, 0.05) is 37.3 Å². The van der Waals surface area contributed by atoms with Crippen LogP contribution in [0.4, 0.5) is 0 Å². The summed E-state index contributed by atoms with van der Waals surface area (Å²) in [5, 5.41) is 8.68. The number of hydrogen-bond acceptors (Lipinski definition) is 5. The molecule has 0 aliphatic carbocycles. The average molecular weight is 306 g/mol. The Morgan fingerprint density at radius 2 is 2.14 bits per heavy atom. The van der Waals surface area contributed by atoms with Gasteiger partial charge in [-0.1, -0.05) is 0 Å². The SMILES string of the molecule is Cc1cc(C)n(CCNC(=O)CCc2n[nH]c(=O)[nH]2)c(=O)n1. The van der Waals surface area contributed by atoms with Crippen LogP contribution in [0.25, 0.3) is 0 Å². The van der Waals surface area contributed by atoms with Crippen LogP contribution in [0.1, 0.15) is 23.6 Å². The molecule has 0 atom stereocenters. The van der Waals surface area contributed by atoms with Crippen LogP contribution in [0.5, 0.6) is 0 Å². The first-order valence-electron chi connectivity index (χ1n) is 6.91. The van der Waals surface area contributed by atoms with Gasteiger partial charge in [0.2, 0.25) is 5.91 Å². The van der Waals surface area contributed by atoms with E-state index in [0.717, 1.165) is 5.69 Å². The van der Waals surface area contributed by atoms with Crippen LogP contribution in [-0.4, -0.2) is 37.2 Å². The molecule has 0 aliphatic heterocycles. The fourth-order valence-corrected chi connectivity index (χ4v) is 2.10. The fourth-order valence-electron chi connectivity index (χ4n) is 2.10. The van der Waals surface area contributed by atoms with Crippen molar-refractivity contribution in [1.82, 2.24) is 30.0 Å². The first kappa shape index (κ1) is 15.7. The molecular formula is C13H18N6O3. The van der Waals surface area contributed by atoms with Crippen LogP contribution in [0.15, 0.2) is 15.7 Å². The number of rotatable bonds is 6. The van der Waals surface area contributed by atoms with E-state index in [4.69, 9.17) is 0 Å². The highest BCUT2D eigenvalue weighted by Crippen LogP contribution is 1.96. The second-order valence-corrected chi connectivity index (χ2v) is 4.95. The number of carbonyl (C=O) groups excluding carboxylic acids is 1. The number of carbonyl (C=O) groups is 1. The van der Waals surface area contributed by atoms with Crippen molar-refractivity contribution in [1.29, 1.82) is 0 Å². The second kappa shape index (κ2) is 6.83. The summed E-state index contributed by atoms with van der Waals surface area (Å²) >= 11 is 0. The Morgan fingerprint density at radius 1 is 1.36 bits per heavy atom. The van der Waals surface area contributed by atoms with Gasteiger partial charge >= 0.3 is 11.4 Å². The van der Waals surface area contributed by atoms with Gasteiger partial charge in [-0.25, -0.2) is 14.7 Å². The minimum atomic E-state index is -0.392. The summed E-state index contributed by atoms with van der Waals surface area (Å²) in [6.07, 6.45) is 0.552. The molecule has 0 aliphatic rings. The van der Waals surface area contributed by atoms with Crippen molar-refractivity contribution in [2.24, 2.45) is 0 Å². The summed E-state index contributed by atoms with van der Waals surface area (Å²) in [6, 6.07) is 1.82. The molecule has 0 aromatic carbocycles. The van der Waals surface area contributed by atoms with E-state index in [0.29, 0.717) is 31.0 Å². The van der Waals surface area contributed by atoms with Gasteiger partial charge in [-0.2, -0.15) is 10.1 Å². The maximum atomic E-state index is 11.7. The van der Waals surface area contributed by atoms with E-state index < -0.39 is 5.69 Å². The lowest BCUT2D eigenvalue weighted by atomic mass is 10.3. The molecule has 0 spiro atoms. The predicted octanol–water partition coefficient (Wildman–Crippen LogP) is -0.979. The number of aryl methyl sites for hydroxylation is 3. The third kappa shape index (κ3) is 4.14. The third-order valence-corrected chi connectivity index (χ3v) is 3.14. The topological polar surface area (TPSA) is 126 Å². The normalized spacial score (nSPS) is 10.6. The molecule has 0 bridgehead atoms. The molecule has 2 rings (SSSR count). The van der Waals surface area contributed by atoms with Crippen molar-refractivity contribution in [2.75, 3.05) is 6.54 Å². The number of amides is 1. The molecule has 3 N–H and O–H groups in total. The van der Waals surface area contributed by atoms with Crippen molar-refractivity contribution in [3.8, 4) is 0 Å². The van der Waals surface area contributed by atoms with Gasteiger partial charge in [0.05, 0.1) is 0 Å². The summed E-state index contributed by atoms with van der Waals surface area (Å²) < 4.78 is 1.51. The van der Waals surface area contributed by atoms with Crippen molar-refractivity contribution < 1.29 is 4.79 Å². The third-order valence-electron chi connectivity index (χ3n) is 3.14. The van der Waals surface area contributed by atoms with E-state index >= 15 is 0 Å². The molecule has 2 aromatic heterocycles. The monoisotopic (exact) mass is 306 g/mol. The van der Waals surface area contributed by atoms with Gasteiger partial charge in [-0.3, -0.25) is 14.3 Å². The molecule has 118 valence electrons. The molecule has 9 heteroatoms. The van der Waals surface area contributed by atoms with Gasteiger partial charge in [0.15, 0.2) is 0 Å². The van der Waals surface area contributed by atoms with E-state index in [-0.39, 0.29) is 18.0 Å². The summed E-state index contributed by atoms with van der Waals surface area (Å²) in [6.45, 7) is 4.29. The van der Waals surface area contributed by atoms with Crippen LogP contribution in [0.3, 0.4) is 0 Å². The molecule has 0 saturated heterocycles. The summed E-state index contributed by atoms with van der Waals surface area (Å²) in [4.78, 5) is 40.6. The predicted molar refractivity (Wildman–Crippen MR) is 78.5 cm³/mol. The van der Waals surface area contributed by atoms with Crippen LogP contribution >= 0.6 is 0 Å². The second-order valence-electron chi connectivity index (χ2n) is 4.95. The largest absolute Gasteiger partial charge is 0.354 e. The van der Waals surface area contributed by atoms with E-state index in [1.54, 1.807) is 6.92 Å². The highest BCUT2D eigenvalue weighted by atomic mass is 16.2. The number of aromatic amines is 2. The Labute approximate surface area is 125 Å². The van der Waals surface area contributed by atoms with Crippen LogP contribution < -0.4 is 16.7 Å². The zero-order valence-corrected chi connectivity index (χ0v) is 12.5. The number of nitrogens with zero attached hydrogens (tertiary/aromatic N) is 3. The Hall–Kier alpha value is -2.71. The van der Waals surface area contributed by atoms with Gasteiger partial charge < -0.3 is 5.32 Å². The lowest BCUT2D eigenvalue weighted by Gasteiger charge is -2.10. The number of hydrogen-bond donors (Lipinski definition) is 3. The number of H-pyrrole nitrogens is 2. The molecule has 0 fully saturated rings. The standard InChI is InChI=1S/C13H18N6O3/c1-8-7-9(2)19(13(22)15-8)6-5-14-11(20)4-3-10-16-12(21)18-17-10/h7H,3-6H2,1-2H3,(H,14,20)(H2,16,17,18,21). The molecule has 2 heterocycles. The quantitative estimate of drug-likeness (QED) is 0.632. The summed E-state index contributed by atoms with van der Waals surface area (Å²) in [7, 11) is 0. The van der Waals surface area contributed by atoms with Gasteiger partial charge in [-0.15, -0.1) is 0 Å². The van der Waals surface area contributed by atoms with E-state index in [1.165, 1.54) is 4.57 Å². The van der Waals surface area contributed by atoms with Gasteiger partial charge in [-0.05, 0) is 19.9 Å². The first-order valence-corrected chi connectivity index (χ1v) is 6.91. The first-order chi connectivity index (χ1) is 10.5. The average Bonchev–Trinajstić information content (AvgIpc) is 2.85. The minimum Gasteiger partial charge on any atom is -0.354 e. The Kier molecular flexibility index (Phi) is 4.87. The smallest absolute Gasteiger partial charge is 0.348 e. The minimum absolute atomic E-state index is 0.172. The Bertz CT molecular complexity index is 773. The van der Waals surface area contributed by atoms with Crippen molar-refractivity contribution in [2.45, 2.75) is 33.2 Å². The molecule has 0 radical (unpaired) electrons. The van der Waals surface area contributed by atoms with Crippen molar-refractivity contribution in [3.05, 3.63) is 44.2 Å². The lowest BCUT2D eigenvalue weighted by molar-refractivity contribution is -0.121. The molecule has 0 unspecified atom stereocenters. The van der Waals surface area contributed by atoms with Crippen LogP contribution in [0.2, 0.25) is 0 Å². The summed E-state index contributed by atoms with van der Waals surface area (Å²) in [5.41, 5.74) is 0.773.